The van der Waals surface area contributed by atoms with E-state index in [1.165, 1.54) is 10.8 Å². The Kier molecular flexibility index (Phi) is 5.94. The molecule has 0 saturated carbocycles. The zero-order valence-corrected chi connectivity index (χ0v) is 13.3. The molecule has 1 saturated heterocycles. The number of aliphatic hydroxyl groups excluding tert-OH is 1. The highest BCUT2D eigenvalue weighted by molar-refractivity contribution is 8.77. The van der Waals surface area contributed by atoms with Crippen LogP contribution < -0.4 is 17.0 Å². The van der Waals surface area contributed by atoms with E-state index in [1.807, 2.05) is 0 Å². The number of aromatic nitrogens is 2. The maximum atomic E-state index is 11.9. The number of hydrogen-bond acceptors (Lipinski definition) is 7. The summed E-state index contributed by atoms with van der Waals surface area (Å²) in [6.45, 7) is 2.13. The SMILES string of the molecule is Cc1cn([C@H]2C[C@H](SSCCN)[C@@H](CO)O2)c(=O)[nH]c1=O. The quantitative estimate of drug-likeness (QED) is 0.490. The molecule has 3 atom stereocenters. The van der Waals surface area contributed by atoms with Gasteiger partial charge < -0.3 is 15.6 Å². The fourth-order valence-corrected chi connectivity index (χ4v) is 4.71. The third kappa shape index (κ3) is 3.92. The number of nitrogens with one attached hydrogen (secondary N) is 1. The zero-order chi connectivity index (χ0) is 15.4. The Morgan fingerprint density at radius 2 is 2.33 bits per heavy atom. The molecule has 2 rings (SSSR count). The van der Waals surface area contributed by atoms with Crippen LogP contribution in [0, 0.1) is 6.92 Å². The number of H-pyrrole nitrogens is 1. The molecule has 1 aromatic heterocycles. The normalized spacial score (nSPS) is 25.4. The maximum Gasteiger partial charge on any atom is 0.330 e. The Labute approximate surface area is 129 Å². The molecule has 1 aliphatic heterocycles. The van der Waals surface area contributed by atoms with E-state index in [4.69, 9.17) is 10.5 Å². The van der Waals surface area contributed by atoms with Gasteiger partial charge in [0.05, 0.1) is 12.7 Å². The first-order valence-electron chi connectivity index (χ1n) is 6.63. The highest BCUT2D eigenvalue weighted by Gasteiger charge is 2.36. The van der Waals surface area contributed by atoms with Crippen LogP contribution >= 0.6 is 21.6 Å². The van der Waals surface area contributed by atoms with E-state index in [1.54, 1.807) is 28.5 Å². The number of hydrogen-bond donors (Lipinski definition) is 3. The van der Waals surface area contributed by atoms with Crippen molar-refractivity contribution in [2.45, 2.75) is 30.9 Å². The van der Waals surface area contributed by atoms with E-state index >= 15 is 0 Å². The molecule has 0 bridgehead atoms. The van der Waals surface area contributed by atoms with Crippen LogP contribution in [0.3, 0.4) is 0 Å². The molecule has 1 fully saturated rings. The summed E-state index contributed by atoms with van der Waals surface area (Å²) < 4.78 is 7.12. The van der Waals surface area contributed by atoms with Gasteiger partial charge in [-0.15, -0.1) is 0 Å². The van der Waals surface area contributed by atoms with Crippen molar-refractivity contribution in [3.63, 3.8) is 0 Å². The Morgan fingerprint density at radius 1 is 1.57 bits per heavy atom. The molecule has 7 nitrogen and oxygen atoms in total. The molecular weight excluding hydrogens is 314 g/mol. The number of nitrogens with zero attached hydrogens (tertiary/aromatic N) is 1. The third-order valence-electron chi connectivity index (χ3n) is 3.21. The molecule has 0 aliphatic carbocycles. The van der Waals surface area contributed by atoms with Crippen LogP contribution in [0.1, 0.15) is 18.2 Å². The molecule has 2 heterocycles. The van der Waals surface area contributed by atoms with Gasteiger partial charge in [0.1, 0.15) is 6.23 Å². The summed E-state index contributed by atoms with van der Waals surface area (Å²) in [7, 11) is 3.25. The van der Waals surface area contributed by atoms with Crippen LogP contribution in [0.2, 0.25) is 0 Å². The summed E-state index contributed by atoms with van der Waals surface area (Å²) in [6.07, 6.45) is 1.30. The first-order chi connectivity index (χ1) is 10.1. The number of aromatic amines is 1. The average molecular weight is 333 g/mol. The van der Waals surface area contributed by atoms with Gasteiger partial charge in [-0.3, -0.25) is 14.3 Å². The molecule has 21 heavy (non-hydrogen) atoms. The summed E-state index contributed by atoms with van der Waals surface area (Å²) >= 11 is 0. The molecule has 0 unspecified atom stereocenters. The predicted molar refractivity (Wildman–Crippen MR) is 84.6 cm³/mol. The lowest BCUT2D eigenvalue weighted by molar-refractivity contribution is -0.0238. The molecule has 0 amide bonds. The van der Waals surface area contributed by atoms with Gasteiger partial charge in [-0.2, -0.15) is 0 Å². The second kappa shape index (κ2) is 7.50. The van der Waals surface area contributed by atoms with E-state index in [9.17, 15) is 14.7 Å². The molecule has 0 aromatic carbocycles. The predicted octanol–water partition coefficient (Wildman–Crippen LogP) is -0.166. The second-order valence-corrected chi connectivity index (χ2v) is 7.50. The molecule has 4 N–H and O–H groups in total. The van der Waals surface area contributed by atoms with E-state index in [0.29, 0.717) is 18.5 Å². The lowest BCUT2D eigenvalue weighted by Crippen LogP contribution is -2.33. The van der Waals surface area contributed by atoms with Crippen molar-refractivity contribution in [3.8, 4) is 0 Å². The first kappa shape index (κ1) is 16.6. The molecule has 0 radical (unpaired) electrons. The molecule has 118 valence electrons. The van der Waals surface area contributed by atoms with E-state index < -0.39 is 17.5 Å². The summed E-state index contributed by atoms with van der Waals surface area (Å²) in [5.74, 6) is 0.821. The minimum Gasteiger partial charge on any atom is -0.394 e. The van der Waals surface area contributed by atoms with Crippen molar-refractivity contribution >= 4 is 21.6 Å². The van der Waals surface area contributed by atoms with Gasteiger partial charge in [-0.05, 0) is 6.92 Å². The van der Waals surface area contributed by atoms with Crippen LogP contribution in [0.4, 0.5) is 0 Å². The van der Waals surface area contributed by atoms with Crippen LogP contribution in [0.15, 0.2) is 15.8 Å². The minimum atomic E-state index is -0.493. The maximum absolute atomic E-state index is 11.9. The van der Waals surface area contributed by atoms with Gasteiger partial charge in [0.15, 0.2) is 0 Å². The number of aryl methyl sites for hydroxylation is 1. The topological polar surface area (TPSA) is 110 Å². The summed E-state index contributed by atoms with van der Waals surface area (Å²) in [4.78, 5) is 25.5. The van der Waals surface area contributed by atoms with Crippen LogP contribution in [-0.4, -0.2) is 44.9 Å². The van der Waals surface area contributed by atoms with Gasteiger partial charge in [-0.25, -0.2) is 4.79 Å². The van der Waals surface area contributed by atoms with Gasteiger partial charge in [0.2, 0.25) is 0 Å². The molecule has 9 heteroatoms. The van der Waals surface area contributed by atoms with Crippen molar-refractivity contribution in [2.24, 2.45) is 5.73 Å². The molecule has 1 aromatic rings. The fraction of sp³-hybridized carbons (Fsp3) is 0.667. The zero-order valence-electron chi connectivity index (χ0n) is 11.7. The van der Waals surface area contributed by atoms with Crippen LogP contribution in [-0.2, 0) is 4.74 Å². The number of nitrogens with two attached hydrogens (primary N) is 1. The van der Waals surface area contributed by atoms with Gasteiger partial charge in [0, 0.05) is 35.7 Å². The third-order valence-corrected chi connectivity index (χ3v) is 6.14. The number of aliphatic hydroxyl groups is 1. The first-order valence-corrected chi connectivity index (χ1v) is 9.01. The molecule has 0 spiro atoms. The highest BCUT2D eigenvalue weighted by atomic mass is 33.1. The summed E-state index contributed by atoms with van der Waals surface area (Å²) in [6, 6.07) is 0. The lowest BCUT2D eigenvalue weighted by atomic mass is 10.2. The van der Waals surface area contributed by atoms with Gasteiger partial charge in [0.25, 0.3) is 5.56 Å². The van der Waals surface area contributed by atoms with Crippen molar-refractivity contribution in [2.75, 3.05) is 18.9 Å². The van der Waals surface area contributed by atoms with E-state index in [0.717, 1.165) is 5.75 Å². The Balaban J connectivity index is 2.13. The largest absolute Gasteiger partial charge is 0.394 e. The Bertz CT molecular complexity index is 589. The van der Waals surface area contributed by atoms with E-state index in [-0.39, 0.29) is 18.0 Å². The highest BCUT2D eigenvalue weighted by Crippen LogP contribution is 2.40. The van der Waals surface area contributed by atoms with Gasteiger partial charge in [-0.1, -0.05) is 21.6 Å². The number of rotatable bonds is 6. The second-order valence-electron chi connectivity index (χ2n) is 4.77. The molecular formula is C12H19N3O4S2. The molecule has 1 aliphatic rings. The standard InChI is InChI=1S/C12H19N3O4S2/c1-7-5-15(12(18)14-11(7)17)10-4-9(8(6-16)19-10)21-20-3-2-13/h5,8-10,16H,2-4,6,13H2,1H3,(H,14,17,18)/t8-,9+,10-/m1/s1. The minimum absolute atomic E-state index is 0.0793. The average Bonchev–Trinajstić information content (AvgIpc) is 2.86. The summed E-state index contributed by atoms with van der Waals surface area (Å²) in [5.41, 5.74) is 5.02. The number of ether oxygens (including phenoxy) is 1. The van der Waals surface area contributed by atoms with Crippen molar-refractivity contribution in [3.05, 3.63) is 32.6 Å². The lowest BCUT2D eigenvalue weighted by Gasteiger charge is -2.15. The smallest absolute Gasteiger partial charge is 0.330 e. The fourth-order valence-electron chi connectivity index (χ4n) is 2.12. The van der Waals surface area contributed by atoms with Crippen LogP contribution in [0.5, 0.6) is 0 Å². The Hall–Kier alpha value is -0.740. The van der Waals surface area contributed by atoms with Crippen molar-refractivity contribution < 1.29 is 9.84 Å². The summed E-state index contributed by atoms with van der Waals surface area (Å²) in [5, 5.41) is 9.49. The van der Waals surface area contributed by atoms with Crippen molar-refractivity contribution in [1.29, 1.82) is 0 Å². The Morgan fingerprint density at radius 3 is 3.00 bits per heavy atom. The van der Waals surface area contributed by atoms with Crippen LogP contribution in [0.25, 0.3) is 0 Å². The monoisotopic (exact) mass is 333 g/mol. The van der Waals surface area contributed by atoms with Crippen molar-refractivity contribution in [1.82, 2.24) is 9.55 Å². The van der Waals surface area contributed by atoms with Gasteiger partial charge >= 0.3 is 5.69 Å². The van der Waals surface area contributed by atoms with E-state index in [2.05, 4.69) is 4.98 Å².